The van der Waals surface area contributed by atoms with Crippen molar-refractivity contribution < 1.29 is 22.7 Å². The van der Waals surface area contributed by atoms with Crippen LogP contribution in [0.2, 0.25) is 5.02 Å². The zero-order valence-corrected chi connectivity index (χ0v) is 17.3. The standard InChI is InChI=1S/C20H18ClN3O5S/c21-15-5-9-17(10-6-15)30(27,28)24-11-1-2-18(24)20(26)29-13-19(25)23-16-7-3-14(12-22)4-8-16/h3-10,18H,1-2,11,13H2,(H,23,25). The molecule has 1 heterocycles. The predicted octanol–water partition coefficient (Wildman–Crippen LogP) is 2.55. The molecule has 1 fully saturated rings. The number of sulfonamides is 1. The van der Waals surface area contributed by atoms with E-state index >= 15 is 0 Å². The number of nitriles is 1. The van der Waals surface area contributed by atoms with Gasteiger partial charge in [-0.05, 0) is 61.4 Å². The second-order valence-corrected chi connectivity index (χ2v) is 8.90. The molecule has 10 heteroatoms. The third-order valence-corrected chi connectivity index (χ3v) is 6.71. The van der Waals surface area contributed by atoms with Gasteiger partial charge in [-0.25, -0.2) is 8.42 Å². The van der Waals surface area contributed by atoms with E-state index < -0.39 is 34.5 Å². The molecule has 0 saturated carbocycles. The van der Waals surface area contributed by atoms with Gasteiger partial charge in [-0.3, -0.25) is 9.59 Å². The summed E-state index contributed by atoms with van der Waals surface area (Å²) in [5.41, 5.74) is 0.894. The second kappa shape index (κ2) is 9.26. The number of nitrogens with zero attached hydrogens (tertiary/aromatic N) is 2. The third-order valence-electron chi connectivity index (χ3n) is 4.54. The predicted molar refractivity (Wildman–Crippen MR) is 109 cm³/mol. The van der Waals surface area contributed by atoms with Crippen LogP contribution >= 0.6 is 11.6 Å². The maximum absolute atomic E-state index is 12.9. The lowest BCUT2D eigenvalue weighted by Gasteiger charge is -2.22. The number of benzene rings is 2. The van der Waals surface area contributed by atoms with E-state index in [-0.39, 0.29) is 11.4 Å². The molecule has 1 amide bonds. The van der Waals surface area contributed by atoms with E-state index in [9.17, 15) is 18.0 Å². The smallest absolute Gasteiger partial charge is 0.324 e. The Hall–Kier alpha value is -2.93. The molecule has 1 saturated heterocycles. The van der Waals surface area contributed by atoms with E-state index in [1.54, 1.807) is 24.3 Å². The highest BCUT2D eigenvalue weighted by Gasteiger charge is 2.40. The summed E-state index contributed by atoms with van der Waals surface area (Å²) in [6.45, 7) is -0.369. The van der Waals surface area contributed by atoms with E-state index in [1.165, 1.54) is 24.3 Å². The van der Waals surface area contributed by atoms with Crippen LogP contribution in [0.25, 0.3) is 0 Å². The van der Waals surface area contributed by atoms with Crippen molar-refractivity contribution in [1.29, 1.82) is 5.26 Å². The van der Waals surface area contributed by atoms with Gasteiger partial charge in [0, 0.05) is 17.3 Å². The first-order valence-electron chi connectivity index (χ1n) is 9.05. The van der Waals surface area contributed by atoms with Crippen molar-refractivity contribution in [3.63, 3.8) is 0 Å². The third kappa shape index (κ3) is 4.97. The molecule has 3 rings (SSSR count). The quantitative estimate of drug-likeness (QED) is 0.680. The number of hydrogen-bond acceptors (Lipinski definition) is 6. The lowest BCUT2D eigenvalue weighted by Crippen LogP contribution is -2.42. The number of anilines is 1. The first kappa shape index (κ1) is 21.8. The van der Waals surface area contributed by atoms with Gasteiger partial charge in [-0.1, -0.05) is 11.6 Å². The number of halogens is 1. The average Bonchev–Trinajstić information content (AvgIpc) is 3.24. The molecular formula is C20H18ClN3O5S. The van der Waals surface area contributed by atoms with Gasteiger partial charge in [0.25, 0.3) is 5.91 Å². The molecule has 1 N–H and O–H groups in total. The van der Waals surface area contributed by atoms with Crippen LogP contribution < -0.4 is 5.32 Å². The van der Waals surface area contributed by atoms with Crippen LogP contribution in [0.1, 0.15) is 18.4 Å². The number of ether oxygens (including phenoxy) is 1. The highest BCUT2D eigenvalue weighted by molar-refractivity contribution is 7.89. The van der Waals surface area contributed by atoms with E-state index in [2.05, 4.69) is 5.32 Å². The summed E-state index contributed by atoms with van der Waals surface area (Å²) in [4.78, 5) is 24.5. The van der Waals surface area contributed by atoms with E-state index in [4.69, 9.17) is 21.6 Å². The lowest BCUT2D eigenvalue weighted by atomic mass is 10.2. The van der Waals surface area contributed by atoms with Crippen molar-refractivity contribution in [3.8, 4) is 6.07 Å². The second-order valence-electron chi connectivity index (χ2n) is 6.57. The normalized spacial score (nSPS) is 16.6. The number of rotatable bonds is 6. The van der Waals surface area contributed by atoms with Crippen LogP contribution in [-0.4, -0.2) is 43.8 Å². The van der Waals surface area contributed by atoms with Crippen molar-refractivity contribution in [2.24, 2.45) is 0 Å². The maximum Gasteiger partial charge on any atom is 0.324 e. The van der Waals surface area contributed by atoms with Crippen LogP contribution in [0, 0.1) is 11.3 Å². The maximum atomic E-state index is 12.9. The number of carbonyl (C=O) groups is 2. The fourth-order valence-electron chi connectivity index (χ4n) is 3.06. The van der Waals surface area contributed by atoms with Crippen molar-refractivity contribution in [1.82, 2.24) is 4.31 Å². The Morgan fingerprint density at radius 1 is 1.17 bits per heavy atom. The minimum absolute atomic E-state index is 0.0326. The molecule has 8 nitrogen and oxygen atoms in total. The summed E-state index contributed by atoms with van der Waals surface area (Å²) in [6, 6.07) is 12.8. The summed E-state index contributed by atoms with van der Waals surface area (Å²) in [5.74, 6) is -1.35. The zero-order chi connectivity index (χ0) is 21.7. The Kier molecular flexibility index (Phi) is 6.72. The molecule has 1 atom stereocenters. The number of carbonyl (C=O) groups excluding carboxylic acids is 2. The molecule has 1 aliphatic rings. The molecule has 156 valence electrons. The van der Waals surface area contributed by atoms with Gasteiger partial charge < -0.3 is 10.1 Å². The summed E-state index contributed by atoms with van der Waals surface area (Å²) in [7, 11) is -3.90. The topological polar surface area (TPSA) is 117 Å². The monoisotopic (exact) mass is 447 g/mol. The van der Waals surface area contributed by atoms with Crippen molar-refractivity contribution in [3.05, 3.63) is 59.1 Å². The number of amides is 1. The van der Waals surface area contributed by atoms with Crippen LogP contribution in [0.3, 0.4) is 0 Å². The molecule has 0 bridgehead atoms. The molecule has 0 aliphatic carbocycles. The van der Waals surface area contributed by atoms with Gasteiger partial charge in [0.2, 0.25) is 10.0 Å². The van der Waals surface area contributed by atoms with Crippen LogP contribution in [0.15, 0.2) is 53.4 Å². The summed E-state index contributed by atoms with van der Waals surface area (Å²) >= 11 is 5.81. The van der Waals surface area contributed by atoms with Crippen LogP contribution in [-0.2, 0) is 24.3 Å². The molecule has 2 aromatic rings. The Balaban J connectivity index is 1.60. The van der Waals surface area contributed by atoms with Crippen molar-refractivity contribution >= 4 is 39.2 Å². The van der Waals surface area contributed by atoms with Gasteiger partial charge in [0.1, 0.15) is 6.04 Å². The minimum Gasteiger partial charge on any atom is -0.454 e. The zero-order valence-electron chi connectivity index (χ0n) is 15.7. The minimum atomic E-state index is -3.90. The highest BCUT2D eigenvalue weighted by Crippen LogP contribution is 2.27. The first-order chi connectivity index (χ1) is 14.3. The Labute approximate surface area is 179 Å². The fraction of sp³-hybridized carbons (Fsp3) is 0.250. The average molecular weight is 448 g/mol. The number of nitrogens with one attached hydrogen (secondary N) is 1. The Bertz CT molecular complexity index is 1080. The number of hydrogen-bond donors (Lipinski definition) is 1. The van der Waals surface area contributed by atoms with E-state index in [0.717, 1.165) is 4.31 Å². The Morgan fingerprint density at radius 3 is 2.47 bits per heavy atom. The highest BCUT2D eigenvalue weighted by atomic mass is 35.5. The van der Waals surface area contributed by atoms with E-state index in [1.807, 2.05) is 6.07 Å². The van der Waals surface area contributed by atoms with Gasteiger partial charge in [-0.2, -0.15) is 9.57 Å². The summed E-state index contributed by atoms with van der Waals surface area (Å²) in [5, 5.41) is 11.7. The molecule has 1 unspecified atom stereocenters. The van der Waals surface area contributed by atoms with Crippen molar-refractivity contribution in [2.45, 2.75) is 23.8 Å². The van der Waals surface area contributed by atoms with Gasteiger partial charge in [0.15, 0.2) is 6.61 Å². The molecule has 0 spiro atoms. The van der Waals surface area contributed by atoms with Crippen molar-refractivity contribution in [2.75, 3.05) is 18.5 Å². The van der Waals surface area contributed by atoms with E-state index in [0.29, 0.717) is 29.1 Å². The fourth-order valence-corrected chi connectivity index (χ4v) is 4.84. The number of esters is 1. The van der Waals surface area contributed by atoms with Crippen LogP contribution in [0.4, 0.5) is 5.69 Å². The van der Waals surface area contributed by atoms with Gasteiger partial charge in [0.05, 0.1) is 16.5 Å². The summed E-state index contributed by atoms with van der Waals surface area (Å²) < 4.78 is 31.9. The van der Waals surface area contributed by atoms with Gasteiger partial charge in [-0.15, -0.1) is 0 Å². The molecule has 1 aliphatic heterocycles. The molecule has 2 aromatic carbocycles. The SMILES string of the molecule is N#Cc1ccc(NC(=O)COC(=O)C2CCCN2S(=O)(=O)c2ccc(Cl)cc2)cc1. The van der Waals surface area contributed by atoms with Gasteiger partial charge >= 0.3 is 5.97 Å². The molecular weight excluding hydrogens is 430 g/mol. The molecule has 30 heavy (non-hydrogen) atoms. The lowest BCUT2D eigenvalue weighted by molar-refractivity contribution is -0.150. The van der Waals surface area contributed by atoms with Crippen LogP contribution in [0.5, 0.6) is 0 Å². The summed E-state index contributed by atoms with van der Waals surface area (Å²) in [6.07, 6.45) is 0.812. The first-order valence-corrected chi connectivity index (χ1v) is 10.9. The molecule has 0 radical (unpaired) electrons. The molecule has 0 aromatic heterocycles. The Morgan fingerprint density at radius 2 is 1.83 bits per heavy atom. The largest absolute Gasteiger partial charge is 0.454 e.